The molecule has 1 N–H and O–H groups in total. The van der Waals surface area contributed by atoms with E-state index in [-0.39, 0.29) is 54.3 Å². The van der Waals surface area contributed by atoms with Crippen molar-refractivity contribution in [1.29, 1.82) is 0 Å². The van der Waals surface area contributed by atoms with E-state index in [9.17, 15) is 9.90 Å². The molecule has 0 aliphatic carbocycles. The van der Waals surface area contributed by atoms with Gasteiger partial charge in [-0.2, -0.15) is 0 Å². The molecule has 0 aromatic carbocycles. The summed E-state index contributed by atoms with van der Waals surface area (Å²) in [5, 5.41) is 9.56. The van der Waals surface area contributed by atoms with Crippen LogP contribution in [0.3, 0.4) is 0 Å². The summed E-state index contributed by atoms with van der Waals surface area (Å²) in [7, 11) is 0. The molecule has 88 valence electrons. The fourth-order valence-electron chi connectivity index (χ4n) is 0.557. The van der Waals surface area contributed by atoms with Crippen LogP contribution in [0.15, 0.2) is 11.8 Å². The van der Waals surface area contributed by atoms with E-state index in [4.69, 9.17) is 0 Å². The summed E-state index contributed by atoms with van der Waals surface area (Å²) in [4.78, 5) is 11.5. The molecule has 0 bridgehead atoms. The van der Waals surface area contributed by atoms with Crippen LogP contribution in [-0.4, -0.2) is 10.9 Å². The maximum atomic E-state index is 11.5. The predicted molar refractivity (Wildman–Crippen MR) is 54.6 cm³/mol. The number of ketones is 1. The number of hydrogen-bond donors (Lipinski definition) is 1. The summed E-state index contributed by atoms with van der Waals surface area (Å²) >= 11 is 0. The van der Waals surface area contributed by atoms with E-state index in [1.54, 1.807) is 0 Å². The molecule has 0 saturated heterocycles. The molecule has 2 nitrogen and oxygen atoms in total. The van der Waals surface area contributed by atoms with Crippen LogP contribution in [0.2, 0.25) is 0 Å². The Labute approximate surface area is 116 Å². The fraction of sp³-hybridized carbons (Fsp3) is 0.727. The standard InChI is InChI=1S/C11H20O2.Er/c1-10(2,3)8(12)7-9(13)11(4,5)6;/h7,12H,1-6H3;/b8-7-;. The van der Waals surface area contributed by atoms with Crippen LogP contribution in [0.25, 0.3) is 0 Å². The first-order valence-corrected chi connectivity index (χ1v) is 4.51. The molecule has 0 atom stereocenters. The molecule has 0 aromatic rings. The third kappa shape index (κ3) is 6.04. The smallest absolute Gasteiger partial charge is 0.164 e. The van der Waals surface area contributed by atoms with Crippen molar-refractivity contribution >= 4 is 5.78 Å². The van der Waals surface area contributed by atoms with Crippen molar-refractivity contribution in [2.45, 2.75) is 41.5 Å². The average Bonchev–Trinajstić information content (AvgIpc) is 1.82. The third-order valence-electron chi connectivity index (χ3n) is 1.78. The molecule has 0 rings (SSSR count). The average molecular weight is 352 g/mol. The Morgan fingerprint density at radius 1 is 1.00 bits per heavy atom. The minimum Gasteiger partial charge on any atom is -0.512 e. The molecule has 0 unspecified atom stereocenters. The fourth-order valence-corrected chi connectivity index (χ4v) is 0.557. The molecule has 0 aliphatic rings. The molecule has 0 aliphatic heterocycles. The van der Waals surface area contributed by atoms with Gasteiger partial charge in [-0.3, -0.25) is 4.79 Å². The molecule has 0 spiro atoms. The van der Waals surface area contributed by atoms with Crippen molar-refractivity contribution < 1.29 is 47.2 Å². The van der Waals surface area contributed by atoms with E-state index >= 15 is 0 Å². The number of carbonyl (C=O) groups is 1. The van der Waals surface area contributed by atoms with Crippen LogP contribution in [0.4, 0.5) is 0 Å². The molecule has 0 amide bonds. The largest absolute Gasteiger partial charge is 0.512 e. The van der Waals surface area contributed by atoms with Crippen molar-refractivity contribution in [3.63, 3.8) is 0 Å². The molecular formula is C11H20ErO2. The van der Waals surface area contributed by atoms with Crippen molar-refractivity contribution in [2.75, 3.05) is 0 Å². The van der Waals surface area contributed by atoms with E-state index in [0.29, 0.717) is 0 Å². The van der Waals surface area contributed by atoms with Crippen LogP contribution in [0.5, 0.6) is 0 Å². The molecule has 3 heteroatoms. The summed E-state index contributed by atoms with van der Waals surface area (Å²) in [6, 6.07) is 0. The number of allylic oxidation sites excluding steroid dienone is 2. The van der Waals surface area contributed by atoms with Gasteiger partial charge in [-0.05, 0) is 0 Å². The van der Waals surface area contributed by atoms with Gasteiger partial charge in [0.05, 0.1) is 0 Å². The predicted octanol–water partition coefficient (Wildman–Crippen LogP) is 3.09. The van der Waals surface area contributed by atoms with E-state index < -0.39 is 5.41 Å². The normalized spacial score (nSPS) is 13.4. The van der Waals surface area contributed by atoms with E-state index in [0.717, 1.165) is 0 Å². The number of aliphatic hydroxyl groups is 1. The summed E-state index contributed by atoms with van der Waals surface area (Å²) in [6.45, 7) is 11.1. The monoisotopic (exact) mass is 350 g/mol. The van der Waals surface area contributed by atoms with Crippen LogP contribution in [0, 0.1) is 48.1 Å². The molecule has 0 radical (unpaired) electrons. The minimum absolute atomic E-state index is 0. The Bertz CT molecular complexity index is 229. The summed E-state index contributed by atoms with van der Waals surface area (Å²) < 4.78 is 0. The van der Waals surface area contributed by atoms with Gasteiger partial charge in [0.1, 0.15) is 5.76 Å². The first-order valence-electron chi connectivity index (χ1n) is 4.51. The van der Waals surface area contributed by atoms with Gasteiger partial charge in [-0.15, -0.1) is 0 Å². The van der Waals surface area contributed by atoms with Gasteiger partial charge in [0.15, 0.2) is 5.78 Å². The molecule has 0 heterocycles. The Balaban J connectivity index is 0. The maximum absolute atomic E-state index is 11.5. The van der Waals surface area contributed by atoms with Crippen molar-refractivity contribution in [3.8, 4) is 0 Å². The Morgan fingerprint density at radius 3 is 1.57 bits per heavy atom. The van der Waals surface area contributed by atoms with E-state index in [1.807, 2.05) is 41.5 Å². The second-order valence-electron chi connectivity index (χ2n) is 5.39. The van der Waals surface area contributed by atoms with E-state index in [2.05, 4.69) is 0 Å². The van der Waals surface area contributed by atoms with Crippen molar-refractivity contribution in [2.24, 2.45) is 10.8 Å². The summed E-state index contributed by atoms with van der Waals surface area (Å²) in [6.07, 6.45) is 1.33. The second kappa shape index (κ2) is 5.52. The number of carbonyl (C=O) groups excluding carboxylic acids is 1. The quantitative estimate of drug-likeness (QED) is 0.582. The van der Waals surface area contributed by atoms with Crippen molar-refractivity contribution in [1.82, 2.24) is 0 Å². The zero-order chi connectivity index (χ0) is 10.9. The summed E-state index contributed by atoms with van der Waals surface area (Å²) in [5.74, 6) is 0.104. The first kappa shape index (κ1) is 16.9. The van der Waals surface area contributed by atoms with Gasteiger partial charge in [0.2, 0.25) is 0 Å². The molecule has 14 heavy (non-hydrogen) atoms. The van der Waals surface area contributed by atoms with Gasteiger partial charge in [0.25, 0.3) is 0 Å². The van der Waals surface area contributed by atoms with E-state index in [1.165, 1.54) is 6.08 Å². The Morgan fingerprint density at radius 2 is 1.36 bits per heavy atom. The van der Waals surface area contributed by atoms with Crippen LogP contribution < -0.4 is 0 Å². The zero-order valence-electron chi connectivity index (χ0n) is 9.72. The van der Waals surface area contributed by atoms with Gasteiger partial charge < -0.3 is 5.11 Å². The van der Waals surface area contributed by atoms with Crippen molar-refractivity contribution in [3.05, 3.63) is 11.8 Å². The number of hydrogen-bond acceptors (Lipinski definition) is 2. The number of rotatable bonds is 1. The topological polar surface area (TPSA) is 37.3 Å². The summed E-state index contributed by atoms with van der Waals surface area (Å²) in [5.41, 5.74) is -0.764. The Kier molecular flexibility index (Phi) is 6.65. The molecule has 0 saturated carbocycles. The second-order valence-corrected chi connectivity index (χ2v) is 5.39. The van der Waals surface area contributed by atoms with Gasteiger partial charge in [-0.25, -0.2) is 0 Å². The van der Waals surface area contributed by atoms with Crippen LogP contribution >= 0.6 is 0 Å². The SMILES string of the molecule is CC(C)(C)C(=O)/C=C(\O)C(C)(C)C.[Er]. The third-order valence-corrected chi connectivity index (χ3v) is 1.78. The van der Waals surface area contributed by atoms with Gasteiger partial charge in [-0.1, -0.05) is 41.5 Å². The maximum Gasteiger partial charge on any atom is 0.164 e. The number of aliphatic hydroxyl groups excluding tert-OH is 1. The molecule has 0 aromatic heterocycles. The van der Waals surface area contributed by atoms with Gasteiger partial charge in [0, 0.05) is 54.2 Å². The first-order chi connectivity index (χ1) is 5.55. The zero-order valence-corrected chi connectivity index (χ0v) is 11.6. The van der Waals surface area contributed by atoms with Crippen LogP contribution in [-0.2, 0) is 4.79 Å². The molecular weight excluding hydrogens is 331 g/mol. The van der Waals surface area contributed by atoms with Crippen LogP contribution in [0.1, 0.15) is 41.5 Å². The van der Waals surface area contributed by atoms with Gasteiger partial charge >= 0.3 is 0 Å². The minimum atomic E-state index is -0.417. The Hall–Kier alpha value is 0.457. The molecule has 0 fully saturated rings.